The number of rotatable bonds is 2. The molecule has 0 fully saturated rings. The highest BCUT2D eigenvalue weighted by Crippen LogP contribution is 2.26. The van der Waals surface area contributed by atoms with Gasteiger partial charge in [0, 0.05) is 6.20 Å². The summed E-state index contributed by atoms with van der Waals surface area (Å²) < 4.78 is 0.182. The molecule has 0 aliphatic heterocycles. The Morgan fingerprint density at radius 3 is 2.69 bits per heavy atom. The maximum atomic E-state index is 10.7. The van der Waals surface area contributed by atoms with Crippen LogP contribution in [0.15, 0.2) is 16.7 Å². The van der Waals surface area contributed by atoms with Crippen molar-refractivity contribution >= 4 is 27.5 Å². The van der Waals surface area contributed by atoms with Gasteiger partial charge < -0.3 is 5.73 Å². The molecule has 0 bridgehead atoms. The molecule has 2 N–H and O–H groups in total. The average molecular weight is 246 g/mol. The third-order valence-electron chi connectivity index (χ3n) is 1.29. The number of hydrogen-bond acceptors (Lipinski definition) is 4. The fraction of sp³-hybridized carbons (Fsp3) is 0. The number of carbonyl (C=O) groups is 1. The monoisotopic (exact) mass is 245 g/mol. The Bertz CT molecular complexity index is 379. The van der Waals surface area contributed by atoms with Gasteiger partial charge in [0.15, 0.2) is 0 Å². The summed E-state index contributed by atoms with van der Waals surface area (Å²) in [5, 5.41) is 10.5. The van der Waals surface area contributed by atoms with E-state index in [2.05, 4.69) is 20.9 Å². The molecule has 1 rings (SSSR count). The summed E-state index contributed by atoms with van der Waals surface area (Å²) in [6.07, 6.45) is 1.26. The number of amides is 1. The number of primary amides is 1. The molecule has 0 spiro atoms. The lowest BCUT2D eigenvalue weighted by atomic mass is 10.3. The van der Waals surface area contributed by atoms with Gasteiger partial charge in [0.05, 0.1) is 9.40 Å². The number of hydrogen-bond donors (Lipinski definition) is 1. The van der Waals surface area contributed by atoms with Crippen LogP contribution < -0.4 is 5.73 Å². The van der Waals surface area contributed by atoms with Crippen molar-refractivity contribution in [2.24, 2.45) is 5.73 Å². The second kappa shape index (κ2) is 3.48. The first-order chi connectivity index (χ1) is 6.04. The van der Waals surface area contributed by atoms with E-state index >= 15 is 0 Å². The summed E-state index contributed by atoms with van der Waals surface area (Å²) in [5.74, 6) is -0.923. The van der Waals surface area contributed by atoms with E-state index in [4.69, 9.17) is 5.73 Å². The van der Waals surface area contributed by atoms with Crippen LogP contribution in [0.3, 0.4) is 0 Å². The maximum Gasteiger partial charge on any atom is 0.314 e. The number of nitro groups is 1. The predicted molar refractivity (Wildman–Crippen MR) is 47.1 cm³/mol. The van der Waals surface area contributed by atoms with Gasteiger partial charge in [-0.05, 0) is 22.0 Å². The van der Waals surface area contributed by atoms with E-state index in [0.29, 0.717) is 0 Å². The van der Waals surface area contributed by atoms with Crippen molar-refractivity contribution in [2.75, 3.05) is 0 Å². The highest BCUT2D eigenvalue weighted by atomic mass is 79.9. The molecule has 6 nitrogen and oxygen atoms in total. The average Bonchev–Trinajstić information content (AvgIpc) is 2.02. The van der Waals surface area contributed by atoms with E-state index in [-0.39, 0.29) is 10.2 Å². The van der Waals surface area contributed by atoms with Crippen molar-refractivity contribution in [3.8, 4) is 0 Å². The van der Waals surface area contributed by atoms with Gasteiger partial charge in [0.1, 0.15) is 0 Å². The van der Waals surface area contributed by atoms with Crippen molar-refractivity contribution in [3.05, 3.63) is 32.5 Å². The van der Waals surface area contributed by atoms with Crippen molar-refractivity contribution in [1.82, 2.24) is 4.98 Å². The normalized spacial score (nSPS) is 9.62. The van der Waals surface area contributed by atoms with Gasteiger partial charge in [-0.25, -0.2) is 4.98 Å². The third-order valence-corrected chi connectivity index (χ3v) is 1.93. The van der Waals surface area contributed by atoms with E-state index in [9.17, 15) is 14.9 Å². The standard InChI is InChI=1S/C6H4BrN3O3/c7-3-1-2-9-4(6(8)11)5(3)10(12)13/h1-2H,(H2,8,11). The number of aromatic nitrogens is 1. The number of carbonyl (C=O) groups excluding carboxylic acids is 1. The minimum atomic E-state index is -0.923. The molecule has 68 valence electrons. The molecule has 13 heavy (non-hydrogen) atoms. The summed E-state index contributed by atoms with van der Waals surface area (Å²) in [6.45, 7) is 0. The summed E-state index contributed by atoms with van der Waals surface area (Å²) in [7, 11) is 0. The Kier molecular flexibility index (Phi) is 2.57. The summed E-state index contributed by atoms with van der Waals surface area (Å²) in [5.41, 5.74) is 4.14. The second-order valence-electron chi connectivity index (χ2n) is 2.11. The van der Waals surface area contributed by atoms with Crippen molar-refractivity contribution in [2.45, 2.75) is 0 Å². The van der Waals surface area contributed by atoms with E-state index in [1.165, 1.54) is 12.3 Å². The van der Waals surface area contributed by atoms with Gasteiger partial charge in [-0.3, -0.25) is 14.9 Å². The molecule has 1 amide bonds. The topological polar surface area (TPSA) is 99.1 Å². The van der Waals surface area contributed by atoms with Crippen LogP contribution in [-0.2, 0) is 0 Å². The minimum Gasteiger partial charge on any atom is -0.364 e. The Hall–Kier alpha value is -1.50. The van der Waals surface area contributed by atoms with Gasteiger partial charge in [-0.2, -0.15) is 0 Å². The van der Waals surface area contributed by atoms with Gasteiger partial charge in [0.25, 0.3) is 5.91 Å². The fourth-order valence-electron chi connectivity index (χ4n) is 0.784. The Balaban J connectivity index is 3.43. The SMILES string of the molecule is NC(=O)c1nccc(Br)c1[N+](=O)[O-]. The maximum absolute atomic E-state index is 10.7. The molecule has 1 heterocycles. The highest BCUT2D eigenvalue weighted by Gasteiger charge is 2.22. The molecule has 0 aromatic carbocycles. The van der Waals surface area contributed by atoms with E-state index in [1.54, 1.807) is 0 Å². The second-order valence-corrected chi connectivity index (χ2v) is 2.97. The quantitative estimate of drug-likeness (QED) is 0.617. The molecule has 0 unspecified atom stereocenters. The molecular weight excluding hydrogens is 242 g/mol. The molecule has 7 heteroatoms. The van der Waals surface area contributed by atoms with Crippen LogP contribution >= 0.6 is 15.9 Å². The highest BCUT2D eigenvalue weighted by molar-refractivity contribution is 9.10. The molecule has 0 aliphatic rings. The first-order valence-electron chi connectivity index (χ1n) is 3.12. The van der Waals surface area contributed by atoms with Crippen LogP contribution in [0.25, 0.3) is 0 Å². The Morgan fingerprint density at radius 1 is 1.69 bits per heavy atom. The van der Waals surface area contributed by atoms with Crippen molar-refractivity contribution < 1.29 is 9.72 Å². The lowest BCUT2D eigenvalue weighted by Crippen LogP contribution is -2.15. The zero-order chi connectivity index (χ0) is 10.0. The Labute approximate surface area is 81.0 Å². The van der Waals surface area contributed by atoms with Crippen molar-refractivity contribution in [3.63, 3.8) is 0 Å². The van der Waals surface area contributed by atoms with E-state index in [1.807, 2.05) is 0 Å². The Morgan fingerprint density at radius 2 is 2.31 bits per heavy atom. The summed E-state index contributed by atoms with van der Waals surface area (Å²) >= 11 is 2.93. The first-order valence-corrected chi connectivity index (χ1v) is 3.92. The van der Waals surface area contributed by atoms with Crippen LogP contribution in [0.2, 0.25) is 0 Å². The molecule has 0 saturated carbocycles. The lowest BCUT2D eigenvalue weighted by molar-refractivity contribution is -0.386. The molecule has 0 aliphatic carbocycles. The molecule has 1 aromatic heterocycles. The molecule has 1 aromatic rings. The fourth-order valence-corrected chi connectivity index (χ4v) is 1.24. The minimum absolute atomic E-state index is 0.182. The molecule has 0 atom stereocenters. The number of pyridine rings is 1. The van der Waals surface area contributed by atoms with Crippen LogP contribution in [0.5, 0.6) is 0 Å². The number of nitrogens with two attached hydrogens (primary N) is 1. The van der Waals surface area contributed by atoms with Gasteiger partial charge in [-0.15, -0.1) is 0 Å². The van der Waals surface area contributed by atoms with Gasteiger partial charge >= 0.3 is 5.69 Å². The molecule has 0 radical (unpaired) electrons. The predicted octanol–water partition coefficient (Wildman–Crippen LogP) is 0.851. The first kappa shape index (κ1) is 9.59. The van der Waals surface area contributed by atoms with Crippen LogP contribution in [0.1, 0.15) is 10.5 Å². The van der Waals surface area contributed by atoms with Crippen LogP contribution in [0, 0.1) is 10.1 Å². The third kappa shape index (κ3) is 1.81. The largest absolute Gasteiger partial charge is 0.364 e. The van der Waals surface area contributed by atoms with E-state index in [0.717, 1.165) is 0 Å². The van der Waals surface area contributed by atoms with Gasteiger partial charge in [-0.1, -0.05) is 0 Å². The smallest absolute Gasteiger partial charge is 0.314 e. The zero-order valence-electron chi connectivity index (χ0n) is 6.23. The van der Waals surface area contributed by atoms with Crippen LogP contribution in [0.4, 0.5) is 5.69 Å². The van der Waals surface area contributed by atoms with E-state index < -0.39 is 16.5 Å². The number of nitrogens with zero attached hydrogens (tertiary/aromatic N) is 2. The summed E-state index contributed by atoms with van der Waals surface area (Å²) in [6, 6.07) is 1.37. The molecular formula is C6H4BrN3O3. The lowest BCUT2D eigenvalue weighted by Gasteiger charge is -1.98. The van der Waals surface area contributed by atoms with Gasteiger partial charge in [0.2, 0.25) is 5.69 Å². The number of halogens is 1. The zero-order valence-corrected chi connectivity index (χ0v) is 7.82. The summed E-state index contributed by atoms with van der Waals surface area (Å²) in [4.78, 5) is 24.0. The van der Waals surface area contributed by atoms with Crippen molar-refractivity contribution in [1.29, 1.82) is 0 Å². The van der Waals surface area contributed by atoms with Crippen LogP contribution in [-0.4, -0.2) is 15.8 Å². The molecule has 0 saturated heterocycles.